The molecular formula is C48H30N4. The smallest absolute Gasteiger partial charge is 0.160 e. The summed E-state index contributed by atoms with van der Waals surface area (Å²) in [7, 11) is 0. The molecule has 0 bridgehead atoms. The maximum atomic E-state index is 5.29. The number of hydrogen-bond acceptors (Lipinski definition) is 4. The van der Waals surface area contributed by atoms with Crippen molar-refractivity contribution >= 4 is 43.2 Å². The molecule has 0 N–H and O–H groups in total. The van der Waals surface area contributed by atoms with Gasteiger partial charge in [0.25, 0.3) is 0 Å². The summed E-state index contributed by atoms with van der Waals surface area (Å²) in [5.74, 6) is 0.672. The normalized spacial score (nSPS) is 11.5. The van der Waals surface area contributed by atoms with Gasteiger partial charge in [-0.05, 0) is 81.5 Å². The molecule has 0 amide bonds. The molecule has 0 aliphatic rings. The van der Waals surface area contributed by atoms with Gasteiger partial charge < -0.3 is 0 Å². The first-order valence-electron chi connectivity index (χ1n) is 17.4. The van der Waals surface area contributed by atoms with Crippen molar-refractivity contribution in [3.63, 3.8) is 0 Å². The number of hydrogen-bond donors (Lipinski definition) is 0. The first-order chi connectivity index (χ1) is 25.7. The molecule has 0 aliphatic carbocycles. The molecule has 4 heteroatoms. The Morgan fingerprint density at radius 1 is 0.269 bits per heavy atom. The Bertz CT molecular complexity index is 2580. The second-order valence-corrected chi connectivity index (χ2v) is 13.2. The maximum absolute atomic E-state index is 5.29. The van der Waals surface area contributed by atoms with Crippen LogP contribution >= 0.6 is 0 Å². The molecule has 0 saturated carbocycles. The average Bonchev–Trinajstić information content (AvgIpc) is 3.22. The van der Waals surface area contributed by atoms with Gasteiger partial charge in [0.1, 0.15) is 0 Å². The molecular weight excluding hydrogens is 633 g/mol. The second kappa shape index (κ2) is 12.4. The van der Waals surface area contributed by atoms with Gasteiger partial charge in [-0.3, -0.25) is 4.98 Å². The van der Waals surface area contributed by atoms with E-state index in [9.17, 15) is 0 Å². The lowest BCUT2D eigenvalue weighted by molar-refractivity contribution is 1.18. The fourth-order valence-corrected chi connectivity index (χ4v) is 7.09. The van der Waals surface area contributed by atoms with Gasteiger partial charge in [0.2, 0.25) is 0 Å². The highest BCUT2D eigenvalue weighted by molar-refractivity contribution is 5.91. The summed E-state index contributed by atoms with van der Waals surface area (Å²) in [5.41, 5.74) is 9.36. The summed E-state index contributed by atoms with van der Waals surface area (Å²) in [6, 6.07) is 61.4. The fourth-order valence-electron chi connectivity index (χ4n) is 7.09. The SMILES string of the molecule is c1ccc2cc(-c3cc(-c4cc(-c5cc6ccccc6cn5)cc(-c5ccc6ccccc6n5)c4)nc(-c4ccc5ccccc5c4)n3)ccc2c1. The third kappa shape index (κ3) is 5.53. The largest absolute Gasteiger partial charge is 0.256 e. The Labute approximate surface area is 300 Å². The quantitative estimate of drug-likeness (QED) is 0.184. The van der Waals surface area contributed by atoms with E-state index in [2.05, 4.69) is 158 Å². The lowest BCUT2D eigenvalue weighted by Gasteiger charge is -2.14. The van der Waals surface area contributed by atoms with E-state index in [-0.39, 0.29) is 0 Å². The summed E-state index contributed by atoms with van der Waals surface area (Å²) in [4.78, 5) is 20.5. The Hall–Kier alpha value is -7.04. The van der Waals surface area contributed by atoms with Crippen molar-refractivity contribution in [3.8, 4) is 56.4 Å². The molecule has 0 aliphatic heterocycles. The van der Waals surface area contributed by atoms with Gasteiger partial charge in [0, 0.05) is 44.8 Å². The molecule has 4 nitrogen and oxygen atoms in total. The summed E-state index contributed by atoms with van der Waals surface area (Å²) < 4.78 is 0. The van der Waals surface area contributed by atoms with E-state index in [1.807, 2.05) is 24.4 Å². The fraction of sp³-hybridized carbons (Fsp3) is 0. The van der Waals surface area contributed by atoms with E-state index in [4.69, 9.17) is 19.9 Å². The molecule has 0 atom stereocenters. The summed E-state index contributed by atoms with van der Waals surface area (Å²) >= 11 is 0. The molecule has 0 unspecified atom stereocenters. The molecule has 242 valence electrons. The minimum absolute atomic E-state index is 0.672. The number of pyridine rings is 2. The van der Waals surface area contributed by atoms with E-state index in [1.54, 1.807) is 0 Å². The molecule has 0 saturated heterocycles. The Morgan fingerprint density at radius 3 is 1.48 bits per heavy atom. The van der Waals surface area contributed by atoms with E-state index in [1.165, 1.54) is 16.2 Å². The van der Waals surface area contributed by atoms with Crippen molar-refractivity contribution in [1.82, 2.24) is 19.9 Å². The zero-order valence-electron chi connectivity index (χ0n) is 28.1. The van der Waals surface area contributed by atoms with Crippen LogP contribution in [0.4, 0.5) is 0 Å². The lowest BCUT2D eigenvalue weighted by Crippen LogP contribution is -1.97. The Kier molecular flexibility index (Phi) is 7.10. The number of rotatable bonds is 5. The van der Waals surface area contributed by atoms with Crippen molar-refractivity contribution in [2.45, 2.75) is 0 Å². The molecule has 0 fully saturated rings. The molecule has 10 aromatic rings. The summed E-state index contributed by atoms with van der Waals surface area (Å²) in [6.07, 6.45) is 1.95. The van der Waals surface area contributed by atoms with Gasteiger partial charge in [0.15, 0.2) is 5.82 Å². The van der Waals surface area contributed by atoms with Gasteiger partial charge >= 0.3 is 0 Å². The molecule has 7 aromatic carbocycles. The first kappa shape index (κ1) is 29.8. The monoisotopic (exact) mass is 662 g/mol. The first-order valence-corrected chi connectivity index (χ1v) is 17.4. The van der Waals surface area contributed by atoms with Crippen LogP contribution in [0.5, 0.6) is 0 Å². The van der Waals surface area contributed by atoms with Gasteiger partial charge in [0.05, 0.1) is 28.3 Å². The molecule has 3 aromatic heterocycles. The van der Waals surface area contributed by atoms with Crippen LogP contribution in [0.3, 0.4) is 0 Å². The summed E-state index contributed by atoms with van der Waals surface area (Å²) in [6.45, 7) is 0. The van der Waals surface area contributed by atoms with Gasteiger partial charge in [-0.15, -0.1) is 0 Å². The van der Waals surface area contributed by atoms with Crippen LogP contribution in [-0.4, -0.2) is 19.9 Å². The number of para-hydroxylation sites is 1. The highest BCUT2D eigenvalue weighted by Gasteiger charge is 2.16. The van der Waals surface area contributed by atoms with Crippen LogP contribution in [0, 0.1) is 0 Å². The number of fused-ring (bicyclic) bond motifs is 4. The van der Waals surface area contributed by atoms with Crippen molar-refractivity contribution in [3.05, 3.63) is 182 Å². The van der Waals surface area contributed by atoms with Crippen LogP contribution < -0.4 is 0 Å². The third-order valence-electron chi connectivity index (χ3n) is 9.83. The molecule has 0 spiro atoms. The molecule has 52 heavy (non-hydrogen) atoms. The van der Waals surface area contributed by atoms with Crippen LogP contribution in [-0.2, 0) is 0 Å². The van der Waals surface area contributed by atoms with Gasteiger partial charge in [-0.25, -0.2) is 15.0 Å². The zero-order valence-corrected chi connectivity index (χ0v) is 28.1. The van der Waals surface area contributed by atoms with Gasteiger partial charge in [-0.2, -0.15) is 0 Å². The van der Waals surface area contributed by atoms with E-state index >= 15 is 0 Å². The molecule has 3 heterocycles. The lowest BCUT2D eigenvalue weighted by atomic mass is 9.97. The molecule has 0 radical (unpaired) electrons. The number of aromatic nitrogens is 4. The summed E-state index contributed by atoms with van der Waals surface area (Å²) in [5, 5.41) is 8.04. The van der Waals surface area contributed by atoms with E-state index < -0.39 is 0 Å². The minimum Gasteiger partial charge on any atom is -0.256 e. The van der Waals surface area contributed by atoms with Crippen molar-refractivity contribution in [2.24, 2.45) is 0 Å². The van der Waals surface area contributed by atoms with Crippen LogP contribution in [0.25, 0.3) is 99.6 Å². The van der Waals surface area contributed by atoms with Crippen LogP contribution in [0.1, 0.15) is 0 Å². The third-order valence-corrected chi connectivity index (χ3v) is 9.83. The van der Waals surface area contributed by atoms with Crippen molar-refractivity contribution < 1.29 is 0 Å². The zero-order chi connectivity index (χ0) is 34.4. The maximum Gasteiger partial charge on any atom is 0.160 e. The average molecular weight is 663 g/mol. The Morgan fingerprint density at radius 2 is 0.769 bits per heavy atom. The predicted molar refractivity (Wildman–Crippen MR) is 215 cm³/mol. The topological polar surface area (TPSA) is 51.6 Å². The van der Waals surface area contributed by atoms with Crippen molar-refractivity contribution in [2.75, 3.05) is 0 Å². The standard InChI is InChI=1S/C48H30N4/c1-3-12-34-23-37(19-17-31(34)9-1)46-29-47(52-48(51-46)38-20-18-32-10-2-4-13-35(32)24-38)42-26-40(44-22-21-33-11-7-8-16-43(33)50-44)25-41(27-42)45-28-36-14-5-6-15-39(36)30-49-45/h1-30H. The van der Waals surface area contributed by atoms with Gasteiger partial charge in [-0.1, -0.05) is 121 Å². The highest BCUT2D eigenvalue weighted by Crippen LogP contribution is 2.36. The Balaban J connectivity index is 1.21. The number of nitrogens with zero attached hydrogens (tertiary/aromatic N) is 4. The minimum atomic E-state index is 0.672. The van der Waals surface area contributed by atoms with Crippen LogP contribution in [0.15, 0.2) is 182 Å². The second-order valence-electron chi connectivity index (χ2n) is 13.2. The highest BCUT2D eigenvalue weighted by atomic mass is 14.9. The van der Waals surface area contributed by atoms with E-state index in [0.717, 1.165) is 77.7 Å². The van der Waals surface area contributed by atoms with Crippen LogP contribution in [0.2, 0.25) is 0 Å². The molecule has 10 rings (SSSR count). The predicted octanol–water partition coefficient (Wildman–Crippen LogP) is 12.2. The van der Waals surface area contributed by atoms with Crippen molar-refractivity contribution in [1.29, 1.82) is 0 Å². The van der Waals surface area contributed by atoms with E-state index in [0.29, 0.717) is 5.82 Å². The number of benzene rings is 7.